The summed E-state index contributed by atoms with van der Waals surface area (Å²) in [5, 5.41) is 0. The summed E-state index contributed by atoms with van der Waals surface area (Å²) in [6, 6.07) is 6.31. The molecule has 0 heterocycles. The van der Waals surface area contributed by atoms with Crippen molar-refractivity contribution in [2.45, 2.75) is 19.8 Å². The lowest BCUT2D eigenvalue weighted by Gasteiger charge is -2.07. The van der Waals surface area contributed by atoms with Crippen molar-refractivity contribution in [3.05, 3.63) is 48.0 Å². The van der Waals surface area contributed by atoms with E-state index in [0.717, 1.165) is 6.42 Å². The van der Waals surface area contributed by atoms with E-state index in [-0.39, 0.29) is 0 Å². The van der Waals surface area contributed by atoms with Gasteiger partial charge in [0.05, 0.1) is 0 Å². The maximum atomic E-state index is 3.83. The van der Waals surface area contributed by atoms with Crippen molar-refractivity contribution in [2.24, 2.45) is 0 Å². The van der Waals surface area contributed by atoms with Crippen molar-refractivity contribution in [3.8, 4) is 0 Å². The zero-order valence-electron chi connectivity index (χ0n) is 8.22. The second-order valence-corrected chi connectivity index (χ2v) is 3.08. The Hall–Kier alpha value is -1.30. The van der Waals surface area contributed by atoms with E-state index in [1.54, 1.807) is 0 Å². The molecule has 0 unspecified atom stereocenters. The van der Waals surface area contributed by atoms with Crippen molar-refractivity contribution in [1.29, 1.82) is 0 Å². The zero-order valence-corrected chi connectivity index (χ0v) is 8.22. The highest BCUT2D eigenvalue weighted by Crippen LogP contribution is 2.18. The lowest BCUT2D eigenvalue weighted by atomic mass is 9.98. The first-order valence-corrected chi connectivity index (χ1v) is 4.70. The molecule has 0 saturated carbocycles. The van der Waals surface area contributed by atoms with Gasteiger partial charge in [-0.15, -0.1) is 0 Å². The van der Waals surface area contributed by atoms with Crippen LogP contribution in [0.15, 0.2) is 31.4 Å². The Kier molecular flexibility index (Phi) is 3.51. The van der Waals surface area contributed by atoms with Crippen molar-refractivity contribution < 1.29 is 0 Å². The topological polar surface area (TPSA) is 0 Å². The monoisotopic (exact) mass is 172 g/mol. The smallest absolute Gasteiger partial charge is 0.0158 e. The van der Waals surface area contributed by atoms with Crippen molar-refractivity contribution in [1.82, 2.24) is 0 Å². The summed E-state index contributed by atoms with van der Waals surface area (Å²) in [7, 11) is 0. The van der Waals surface area contributed by atoms with Gasteiger partial charge in [-0.1, -0.05) is 56.9 Å². The van der Waals surface area contributed by atoms with Gasteiger partial charge >= 0.3 is 0 Å². The number of benzene rings is 1. The molecule has 0 amide bonds. The summed E-state index contributed by atoms with van der Waals surface area (Å²) in [6.45, 7) is 9.82. The van der Waals surface area contributed by atoms with Crippen LogP contribution in [-0.2, 0) is 6.42 Å². The van der Waals surface area contributed by atoms with Gasteiger partial charge in [0.1, 0.15) is 0 Å². The van der Waals surface area contributed by atoms with E-state index in [9.17, 15) is 0 Å². The number of hydrogen-bond donors (Lipinski definition) is 0. The van der Waals surface area contributed by atoms with Gasteiger partial charge in [0.2, 0.25) is 0 Å². The van der Waals surface area contributed by atoms with Gasteiger partial charge in [-0.3, -0.25) is 0 Å². The van der Waals surface area contributed by atoms with Gasteiger partial charge < -0.3 is 0 Å². The van der Waals surface area contributed by atoms with Crippen LogP contribution in [0.2, 0.25) is 0 Å². The Labute approximate surface area is 80.6 Å². The lowest BCUT2D eigenvalue weighted by molar-refractivity contribution is 0.919. The van der Waals surface area contributed by atoms with Crippen LogP contribution in [0.4, 0.5) is 0 Å². The molecule has 0 saturated heterocycles. The molecule has 0 heteroatoms. The second-order valence-electron chi connectivity index (χ2n) is 3.08. The van der Waals surface area contributed by atoms with Crippen LogP contribution in [0, 0.1) is 0 Å². The predicted octanol–water partition coefficient (Wildman–Crippen LogP) is 3.93. The molecule has 1 rings (SSSR count). The van der Waals surface area contributed by atoms with E-state index in [2.05, 4.69) is 38.3 Å². The van der Waals surface area contributed by atoms with Crippen molar-refractivity contribution in [2.75, 3.05) is 0 Å². The van der Waals surface area contributed by atoms with E-state index in [4.69, 9.17) is 0 Å². The van der Waals surface area contributed by atoms with Gasteiger partial charge in [0, 0.05) is 0 Å². The Morgan fingerprint density at radius 1 is 1.23 bits per heavy atom. The minimum Gasteiger partial charge on any atom is -0.0984 e. The first kappa shape index (κ1) is 9.79. The molecule has 68 valence electrons. The molecule has 13 heavy (non-hydrogen) atoms. The zero-order chi connectivity index (χ0) is 9.68. The molecule has 0 aromatic heterocycles. The predicted molar refractivity (Wildman–Crippen MR) is 60.6 cm³/mol. The fourth-order valence-electron chi connectivity index (χ4n) is 1.55. The molecular weight excluding hydrogens is 156 g/mol. The van der Waals surface area contributed by atoms with Gasteiger partial charge in [-0.25, -0.2) is 0 Å². The van der Waals surface area contributed by atoms with Gasteiger partial charge in [-0.05, 0) is 23.1 Å². The average Bonchev–Trinajstić information content (AvgIpc) is 2.18. The van der Waals surface area contributed by atoms with Gasteiger partial charge in [0.15, 0.2) is 0 Å². The molecular formula is C13H16. The molecule has 0 N–H and O–H groups in total. The fraction of sp³-hybridized carbons (Fsp3) is 0.231. The van der Waals surface area contributed by atoms with Crippen LogP contribution in [0.1, 0.15) is 30.0 Å². The summed E-state index contributed by atoms with van der Waals surface area (Å²) >= 11 is 0. The molecule has 0 bridgehead atoms. The van der Waals surface area contributed by atoms with E-state index in [1.807, 2.05) is 12.2 Å². The molecule has 0 fully saturated rings. The summed E-state index contributed by atoms with van der Waals surface area (Å²) in [6.07, 6.45) is 6.09. The summed E-state index contributed by atoms with van der Waals surface area (Å²) in [5.74, 6) is 0. The SMILES string of the molecule is C=Cc1cccc(CCC)c1C=C. The third-order valence-corrected chi connectivity index (χ3v) is 2.17. The van der Waals surface area contributed by atoms with Crippen LogP contribution < -0.4 is 0 Å². The van der Waals surface area contributed by atoms with E-state index < -0.39 is 0 Å². The van der Waals surface area contributed by atoms with Crippen LogP contribution in [0.25, 0.3) is 12.2 Å². The lowest BCUT2D eigenvalue weighted by Crippen LogP contribution is -1.90. The molecule has 0 nitrogen and oxygen atoms in total. The molecule has 0 aliphatic rings. The minimum atomic E-state index is 1.11. The second kappa shape index (κ2) is 4.66. The molecule has 0 atom stereocenters. The Morgan fingerprint density at radius 2 is 2.00 bits per heavy atom. The van der Waals surface area contributed by atoms with Crippen LogP contribution in [0.3, 0.4) is 0 Å². The quantitative estimate of drug-likeness (QED) is 0.645. The van der Waals surface area contributed by atoms with E-state index in [1.165, 1.54) is 23.1 Å². The molecule has 0 aliphatic heterocycles. The molecule has 1 aromatic carbocycles. The van der Waals surface area contributed by atoms with Crippen LogP contribution in [0.5, 0.6) is 0 Å². The maximum Gasteiger partial charge on any atom is -0.0158 e. The minimum absolute atomic E-state index is 1.11. The Morgan fingerprint density at radius 3 is 2.54 bits per heavy atom. The highest BCUT2D eigenvalue weighted by molar-refractivity contribution is 5.66. The first-order chi connectivity index (χ1) is 6.33. The Balaban J connectivity index is 3.18. The molecule has 0 radical (unpaired) electrons. The maximum absolute atomic E-state index is 3.83. The molecule has 0 aliphatic carbocycles. The molecule has 1 aromatic rings. The first-order valence-electron chi connectivity index (χ1n) is 4.70. The largest absolute Gasteiger partial charge is 0.0984 e. The van der Waals surface area contributed by atoms with E-state index in [0.29, 0.717) is 0 Å². The van der Waals surface area contributed by atoms with Gasteiger partial charge in [-0.2, -0.15) is 0 Å². The van der Waals surface area contributed by atoms with E-state index >= 15 is 0 Å². The van der Waals surface area contributed by atoms with Crippen molar-refractivity contribution >= 4 is 12.2 Å². The summed E-state index contributed by atoms with van der Waals surface area (Å²) < 4.78 is 0. The summed E-state index contributed by atoms with van der Waals surface area (Å²) in [5.41, 5.74) is 3.79. The van der Waals surface area contributed by atoms with Crippen LogP contribution >= 0.6 is 0 Å². The van der Waals surface area contributed by atoms with Crippen LogP contribution in [-0.4, -0.2) is 0 Å². The average molecular weight is 172 g/mol. The highest BCUT2D eigenvalue weighted by atomic mass is 14.1. The summed E-state index contributed by atoms with van der Waals surface area (Å²) in [4.78, 5) is 0. The standard InChI is InChI=1S/C13H16/c1-4-8-12-10-7-9-11(5-2)13(12)6-3/h5-7,9-10H,2-4,8H2,1H3. The molecule has 0 spiro atoms. The number of rotatable bonds is 4. The normalized spacial score (nSPS) is 9.62. The van der Waals surface area contributed by atoms with Crippen molar-refractivity contribution in [3.63, 3.8) is 0 Å². The highest BCUT2D eigenvalue weighted by Gasteiger charge is 2.00. The Bertz CT molecular complexity index is 308. The number of hydrogen-bond acceptors (Lipinski definition) is 0. The van der Waals surface area contributed by atoms with Gasteiger partial charge in [0.25, 0.3) is 0 Å². The fourth-order valence-corrected chi connectivity index (χ4v) is 1.55. The third-order valence-electron chi connectivity index (χ3n) is 2.17. The third kappa shape index (κ3) is 2.09. The number of aryl methyl sites for hydroxylation is 1.